The quantitative estimate of drug-likeness (QED) is 0.899. The summed E-state index contributed by atoms with van der Waals surface area (Å²) in [6.07, 6.45) is 6.00. The molecule has 0 unspecified atom stereocenters. The lowest BCUT2D eigenvalue weighted by Crippen LogP contribution is -2.54. The van der Waals surface area contributed by atoms with E-state index < -0.39 is 0 Å². The van der Waals surface area contributed by atoms with E-state index in [9.17, 15) is 4.79 Å². The standard InChI is InChI=1S/C18H31N5O2/c1-14-15(12-22(4)20-14)13-23-8-6-18(7-9-23)11-16(5-10-25-18)19-17(24)21(2)3/h12,16H,5-11,13H2,1-4H3,(H,19,24)/t16-/m1/s1. The van der Waals surface area contributed by atoms with E-state index in [2.05, 4.69) is 28.4 Å². The zero-order valence-corrected chi connectivity index (χ0v) is 15.9. The number of amides is 2. The second-order valence-electron chi connectivity index (χ2n) is 7.75. The van der Waals surface area contributed by atoms with Crippen LogP contribution in [0.25, 0.3) is 0 Å². The summed E-state index contributed by atoms with van der Waals surface area (Å²) in [6.45, 7) is 5.82. The van der Waals surface area contributed by atoms with Crippen molar-refractivity contribution in [2.24, 2.45) is 7.05 Å². The molecule has 2 aliphatic rings. The van der Waals surface area contributed by atoms with Crippen molar-refractivity contribution in [3.63, 3.8) is 0 Å². The van der Waals surface area contributed by atoms with E-state index in [0.29, 0.717) is 0 Å². The monoisotopic (exact) mass is 349 g/mol. The van der Waals surface area contributed by atoms with Gasteiger partial charge in [0.1, 0.15) is 0 Å². The molecule has 1 aromatic rings. The van der Waals surface area contributed by atoms with Gasteiger partial charge in [0.25, 0.3) is 0 Å². The second-order valence-corrected chi connectivity index (χ2v) is 7.75. The summed E-state index contributed by atoms with van der Waals surface area (Å²) in [5.74, 6) is 0. The smallest absolute Gasteiger partial charge is 0.317 e. The number of hydrogen-bond acceptors (Lipinski definition) is 4. The van der Waals surface area contributed by atoms with Crippen molar-refractivity contribution in [1.82, 2.24) is 24.9 Å². The number of piperidine rings is 1. The minimum Gasteiger partial charge on any atom is -0.375 e. The van der Waals surface area contributed by atoms with E-state index >= 15 is 0 Å². The van der Waals surface area contributed by atoms with E-state index in [0.717, 1.165) is 57.6 Å². The van der Waals surface area contributed by atoms with Gasteiger partial charge in [-0.25, -0.2) is 4.79 Å². The first-order valence-corrected chi connectivity index (χ1v) is 9.20. The van der Waals surface area contributed by atoms with Crippen molar-refractivity contribution in [3.8, 4) is 0 Å². The van der Waals surface area contributed by atoms with Gasteiger partial charge in [0.15, 0.2) is 0 Å². The fourth-order valence-electron chi connectivity index (χ4n) is 3.97. The molecule has 2 saturated heterocycles. The van der Waals surface area contributed by atoms with Crippen LogP contribution in [0.3, 0.4) is 0 Å². The maximum absolute atomic E-state index is 11.9. The van der Waals surface area contributed by atoms with Crippen molar-refractivity contribution >= 4 is 6.03 Å². The van der Waals surface area contributed by atoms with Crippen LogP contribution in [0.1, 0.15) is 36.9 Å². The SMILES string of the molecule is Cc1nn(C)cc1CN1CCC2(CC1)C[C@H](NC(=O)N(C)C)CCO2. The number of carbonyl (C=O) groups is 1. The first kappa shape index (κ1) is 18.2. The van der Waals surface area contributed by atoms with Crippen LogP contribution in [-0.2, 0) is 18.3 Å². The fraction of sp³-hybridized carbons (Fsp3) is 0.778. The van der Waals surface area contributed by atoms with Gasteiger partial charge in [0.05, 0.1) is 11.3 Å². The van der Waals surface area contributed by atoms with Gasteiger partial charge in [-0.15, -0.1) is 0 Å². The van der Waals surface area contributed by atoms with Gasteiger partial charge in [0.2, 0.25) is 0 Å². The van der Waals surface area contributed by atoms with E-state index in [1.54, 1.807) is 19.0 Å². The van der Waals surface area contributed by atoms with Crippen molar-refractivity contribution in [1.29, 1.82) is 0 Å². The van der Waals surface area contributed by atoms with Gasteiger partial charge < -0.3 is 15.0 Å². The summed E-state index contributed by atoms with van der Waals surface area (Å²) >= 11 is 0. The van der Waals surface area contributed by atoms with Gasteiger partial charge in [-0.3, -0.25) is 9.58 Å². The van der Waals surface area contributed by atoms with Gasteiger partial charge >= 0.3 is 6.03 Å². The maximum atomic E-state index is 11.9. The third-order valence-electron chi connectivity index (χ3n) is 5.50. The first-order valence-electron chi connectivity index (χ1n) is 9.20. The number of rotatable bonds is 3. The minimum absolute atomic E-state index is 0.00783. The topological polar surface area (TPSA) is 62.6 Å². The number of nitrogens with zero attached hydrogens (tertiary/aromatic N) is 4. The lowest BCUT2D eigenvalue weighted by atomic mass is 9.82. The number of hydrogen-bond donors (Lipinski definition) is 1. The average molecular weight is 349 g/mol. The Labute approximate surface area is 150 Å². The van der Waals surface area contributed by atoms with Crippen molar-refractivity contribution < 1.29 is 9.53 Å². The molecule has 2 aliphatic heterocycles. The van der Waals surface area contributed by atoms with Crippen molar-refractivity contribution in [2.75, 3.05) is 33.8 Å². The molecule has 7 nitrogen and oxygen atoms in total. The molecule has 140 valence electrons. The molecule has 0 bridgehead atoms. The van der Waals surface area contributed by atoms with Crippen molar-refractivity contribution in [2.45, 2.75) is 50.8 Å². The molecular weight excluding hydrogens is 318 g/mol. The number of urea groups is 1. The lowest BCUT2D eigenvalue weighted by Gasteiger charge is -2.46. The number of nitrogens with one attached hydrogen (secondary N) is 1. The summed E-state index contributed by atoms with van der Waals surface area (Å²) < 4.78 is 8.08. The molecule has 3 rings (SSSR count). The molecule has 7 heteroatoms. The predicted molar refractivity (Wildman–Crippen MR) is 96.4 cm³/mol. The van der Waals surface area contributed by atoms with E-state index in [-0.39, 0.29) is 17.7 Å². The van der Waals surface area contributed by atoms with Gasteiger partial charge in [-0.2, -0.15) is 5.10 Å². The van der Waals surface area contributed by atoms with E-state index in [1.165, 1.54) is 5.56 Å². The summed E-state index contributed by atoms with van der Waals surface area (Å²) in [4.78, 5) is 16.0. The molecule has 2 fully saturated rings. The van der Waals surface area contributed by atoms with Gasteiger partial charge in [0, 0.05) is 65.2 Å². The highest BCUT2D eigenvalue weighted by molar-refractivity contribution is 5.73. The predicted octanol–water partition coefficient (Wildman–Crippen LogP) is 1.51. The van der Waals surface area contributed by atoms with Crippen molar-refractivity contribution in [3.05, 3.63) is 17.5 Å². The van der Waals surface area contributed by atoms with Crippen LogP contribution in [0, 0.1) is 6.92 Å². The largest absolute Gasteiger partial charge is 0.375 e. The van der Waals surface area contributed by atoms with Gasteiger partial charge in [-0.1, -0.05) is 0 Å². The summed E-state index contributed by atoms with van der Waals surface area (Å²) in [5.41, 5.74) is 2.35. The van der Waals surface area contributed by atoms with Crippen LogP contribution >= 0.6 is 0 Å². The Hall–Kier alpha value is -1.60. The molecular formula is C18H31N5O2. The third kappa shape index (κ3) is 4.33. The highest BCUT2D eigenvalue weighted by Gasteiger charge is 2.40. The number of aromatic nitrogens is 2. The molecule has 0 radical (unpaired) electrons. The zero-order valence-electron chi connectivity index (χ0n) is 15.9. The summed E-state index contributed by atoms with van der Waals surface area (Å²) in [6, 6.07) is 0.210. The molecule has 1 N–H and O–H groups in total. The highest BCUT2D eigenvalue weighted by atomic mass is 16.5. The molecule has 1 aromatic heterocycles. The van der Waals surface area contributed by atoms with Crippen LogP contribution in [0.15, 0.2) is 6.20 Å². The number of ether oxygens (including phenoxy) is 1. The average Bonchev–Trinajstić information content (AvgIpc) is 2.87. The Morgan fingerprint density at radius 1 is 1.44 bits per heavy atom. The summed E-state index contributed by atoms with van der Waals surface area (Å²) in [7, 11) is 5.53. The van der Waals surface area contributed by atoms with Crippen LogP contribution in [0.4, 0.5) is 4.79 Å². The highest BCUT2D eigenvalue weighted by Crippen LogP contribution is 2.35. The molecule has 0 aliphatic carbocycles. The first-order chi connectivity index (χ1) is 11.9. The van der Waals surface area contributed by atoms with E-state index in [1.807, 2.05) is 11.7 Å². The second kappa shape index (κ2) is 7.33. The fourth-order valence-corrected chi connectivity index (χ4v) is 3.97. The molecule has 1 atom stereocenters. The minimum atomic E-state index is -0.0665. The number of likely N-dealkylation sites (tertiary alicyclic amines) is 1. The molecule has 1 spiro atoms. The van der Waals surface area contributed by atoms with Crippen LogP contribution < -0.4 is 5.32 Å². The number of carbonyl (C=O) groups excluding carboxylic acids is 1. The van der Waals surface area contributed by atoms with Gasteiger partial charge in [-0.05, 0) is 32.6 Å². The Balaban J connectivity index is 1.53. The van der Waals surface area contributed by atoms with Crippen LogP contribution in [0.2, 0.25) is 0 Å². The normalized spacial score (nSPS) is 23.6. The zero-order chi connectivity index (χ0) is 18.0. The maximum Gasteiger partial charge on any atom is 0.317 e. The molecule has 3 heterocycles. The Kier molecular flexibility index (Phi) is 5.34. The number of aryl methyl sites for hydroxylation is 2. The van der Waals surface area contributed by atoms with E-state index in [4.69, 9.17) is 4.74 Å². The molecule has 25 heavy (non-hydrogen) atoms. The third-order valence-corrected chi connectivity index (χ3v) is 5.50. The molecule has 2 amide bonds. The Morgan fingerprint density at radius 3 is 2.76 bits per heavy atom. The molecule has 0 aromatic carbocycles. The van der Waals surface area contributed by atoms with Crippen LogP contribution in [-0.4, -0.2) is 71.0 Å². The summed E-state index contributed by atoms with van der Waals surface area (Å²) in [5, 5.41) is 7.57. The Morgan fingerprint density at radius 2 is 2.16 bits per heavy atom. The van der Waals surface area contributed by atoms with Crippen LogP contribution in [0.5, 0.6) is 0 Å². The lowest BCUT2D eigenvalue weighted by molar-refractivity contribution is -0.119. The molecule has 0 saturated carbocycles. The Bertz CT molecular complexity index is 605.